The maximum absolute atomic E-state index is 15.4. The van der Waals surface area contributed by atoms with Gasteiger partial charge in [-0.3, -0.25) is 34.2 Å². The van der Waals surface area contributed by atoms with Gasteiger partial charge in [-0.05, 0) is 130 Å². The number of aryl methyl sites for hydroxylation is 3. The van der Waals surface area contributed by atoms with Crippen molar-refractivity contribution in [3.8, 4) is 68.1 Å². The zero-order valence-electron chi connectivity index (χ0n) is 77.4. The fraction of sp³-hybridized carbons (Fsp3) is 0.364. The van der Waals surface area contributed by atoms with Crippen molar-refractivity contribution in [2.45, 2.75) is 131 Å². The van der Waals surface area contributed by atoms with Crippen molar-refractivity contribution in [3.05, 3.63) is 241 Å². The summed E-state index contributed by atoms with van der Waals surface area (Å²) in [6, 6.07) is 16.6. The first-order valence-electron chi connectivity index (χ1n) is 45.3. The summed E-state index contributed by atoms with van der Waals surface area (Å²) in [5.74, 6) is -1.06. The van der Waals surface area contributed by atoms with E-state index in [-0.39, 0.29) is 197 Å². The lowest BCUT2D eigenvalue weighted by atomic mass is 10.0. The van der Waals surface area contributed by atoms with Crippen molar-refractivity contribution in [1.82, 2.24) is 78.2 Å². The third-order valence-electron chi connectivity index (χ3n) is 25.7. The minimum Gasteiger partial charge on any atom is -0.489 e. The Kier molecular flexibility index (Phi) is 28.2. The summed E-state index contributed by atoms with van der Waals surface area (Å²) in [7, 11) is 0. The third kappa shape index (κ3) is 17.9. The predicted octanol–water partition coefficient (Wildman–Crippen LogP) is 16.2. The maximum atomic E-state index is 15.4. The molecular formula is C99H98Cl6F3N19O11. The molecule has 0 bridgehead atoms. The first kappa shape index (κ1) is 97.5. The van der Waals surface area contributed by atoms with Crippen LogP contribution in [-0.4, -0.2) is 236 Å². The van der Waals surface area contributed by atoms with Crippen LogP contribution in [0.25, 0.3) is 83.9 Å². The maximum Gasteiger partial charge on any atom is 0.355 e. The lowest BCUT2D eigenvalue weighted by Crippen LogP contribution is -2.61. The predicted molar refractivity (Wildman–Crippen MR) is 528 cm³/mol. The lowest BCUT2D eigenvalue weighted by molar-refractivity contribution is -0.129. The van der Waals surface area contributed by atoms with Gasteiger partial charge in [-0.25, -0.2) is 56.2 Å². The number of pyridine rings is 6. The number of aliphatic hydroxyl groups excluding tert-OH is 1. The highest BCUT2D eigenvalue weighted by molar-refractivity contribution is 6.40. The van der Waals surface area contributed by atoms with Crippen LogP contribution < -0.4 is 46.0 Å². The second kappa shape index (κ2) is 40.0. The number of aliphatic hydroxyl groups is 1. The van der Waals surface area contributed by atoms with E-state index in [1.54, 1.807) is 63.6 Å². The highest BCUT2D eigenvalue weighted by atomic mass is 35.5. The van der Waals surface area contributed by atoms with Crippen LogP contribution in [0, 0.1) is 38.2 Å². The average Bonchev–Trinajstić information content (AvgIpc) is 1.30. The van der Waals surface area contributed by atoms with Gasteiger partial charge in [0.2, 0.25) is 17.7 Å². The zero-order chi connectivity index (χ0) is 98.2. The monoisotopic (exact) mass is 2000 g/mol. The van der Waals surface area contributed by atoms with Gasteiger partial charge in [-0.15, -0.1) is 0 Å². The zero-order valence-corrected chi connectivity index (χ0v) is 81.9. The molecule has 16 heterocycles. The van der Waals surface area contributed by atoms with Crippen LogP contribution in [-0.2, 0) is 19.1 Å². The van der Waals surface area contributed by atoms with E-state index < -0.39 is 40.6 Å². The molecule has 12 aromatic rings. The molecule has 0 spiro atoms. The van der Waals surface area contributed by atoms with E-state index in [1.165, 1.54) is 62.2 Å². The molecule has 718 valence electrons. The van der Waals surface area contributed by atoms with Gasteiger partial charge in [-0.1, -0.05) is 149 Å². The quantitative estimate of drug-likeness (QED) is 0.0878. The largest absolute Gasteiger partial charge is 0.489 e. The van der Waals surface area contributed by atoms with Gasteiger partial charge in [0, 0.05) is 121 Å². The van der Waals surface area contributed by atoms with Gasteiger partial charge in [0.15, 0.2) is 34.2 Å². The molecular weight excluding hydrogens is 1900 g/mol. The van der Waals surface area contributed by atoms with Crippen molar-refractivity contribution in [2.24, 2.45) is 0 Å². The molecule has 4 fully saturated rings. The third-order valence-corrected chi connectivity index (χ3v) is 27.7. The number of hydrogen-bond acceptors (Lipinski definition) is 24. The fourth-order valence-corrected chi connectivity index (χ4v) is 20.8. The molecule has 5 atom stereocenters. The van der Waals surface area contributed by atoms with Gasteiger partial charge in [0.1, 0.15) is 86.0 Å². The van der Waals surface area contributed by atoms with Crippen molar-refractivity contribution in [2.75, 3.05) is 120 Å². The van der Waals surface area contributed by atoms with Gasteiger partial charge >= 0.3 is 17.1 Å². The van der Waals surface area contributed by atoms with Crippen LogP contribution >= 0.6 is 69.6 Å². The topological polar surface area (TPSA) is 313 Å². The van der Waals surface area contributed by atoms with Crippen LogP contribution in [0.1, 0.15) is 113 Å². The van der Waals surface area contributed by atoms with Crippen LogP contribution in [0.5, 0.6) is 17.2 Å². The first-order chi connectivity index (χ1) is 66.1. The second-order valence-corrected chi connectivity index (χ2v) is 38.2. The van der Waals surface area contributed by atoms with Crippen molar-refractivity contribution in [1.29, 1.82) is 0 Å². The number of morpholine rings is 1. The molecule has 1 N–H and O–H groups in total. The summed E-state index contributed by atoms with van der Waals surface area (Å²) in [6.45, 7) is 35.1. The number of carbonyl (C=O) groups is 3. The molecule has 3 amide bonds. The molecule has 0 saturated carbocycles. The van der Waals surface area contributed by atoms with Gasteiger partial charge < -0.3 is 53.5 Å². The van der Waals surface area contributed by atoms with Crippen LogP contribution in [0.4, 0.5) is 30.6 Å². The number of anilines is 3. The summed E-state index contributed by atoms with van der Waals surface area (Å²) in [5.41, 5.74) is 4.93. The van der Waals surface area contributed by atoms with E-state index in [1.807, 2.05) is 103 Å². The molecule has 5 unspecified atom stereocenters. The number of halogens is 9. The number of benzene rings is 3. The Labute approximate surface area is 821 Å². The molecule has 4 saturated heterocycles. The normalized spacial score (nSPS) is 17.9. The van der Waals surface area contributed by atoms with E-state index >= 15 is 13.2 Å². The van der Waals surface area contributed by atoms with Crippen molar-refractivity contribution in [3.63, 3.8) is 0 Å². The number of ether oxygens (including phenoxy) is 4. The summed E-state index contributed by atoms with van der Waals surface area (Å²) in [6.07, 6.45) is 10.0. The number of carbonyl (C=O) groups excluding carboxylic acids is 3. The number of amides is 3. The minimum atomic E-state index is -0.644. The standard InChI is InChI=1S/C35H36Cl2FN7O4.C33H33Cl2FN6O4.C31H29Cl2FN6O3/c1-20(2)29-31(21(3)9-10-39-29)45-34-27-32(28(37)30(40-34)26-23(36)6-4-7-24(26)38)49-19-22-18-43(12-13-44(22)33(27)41-35(45)47)25(46)8-5-11-42-14-16-48-17-15-42;1-16(2)26-28(17(3)9-11-37-26)42-30-24-29(25(35)27(38-30)23-21(34)7-6-8-22(23)36)46-15-20-14-40(32(44)18(4)10-12-43)13-19(5)41(20)31(24)39-33(42)45;1-6-21(41)38-12-17(5)39-18(13-38)14-43-28-23-29(36-26(24(28)33)22-19(32)8-7-9-20(22)34)40(31(42)37-30(23)39)27-16(4)10-11-35-25(27)15(2)3/h4-10,20,22H,11-19H2,1-3H3;6-9,11,16,19-20,43H,4,10,12-15H2,1-3,5H3;6-11,15,17-18H,1,12-14H2,2-5H3/b8-5+;;. The van der Waals surface area contributed by atoms with E-state index in [4.69, 9.17) is 104 Å². The van der Waals surface area contributed by atoms with E-state index in [9.17, 15) is 33.9 Å². The average molecular weight is 2000 g/mol. The summed E-state index contributed by atoms with van der Waals surface area (Å²) in [4.78, 5) is 137. The number of fused-ring (bicyclic) bond motifs is 6. The Morgan fingerprint density at radius 2 is 0.870 bits per heavy atom. The van der Waals surface area contributed by atoms with Gasteiger partial charge in [0.05, 0.1) is 114 Å². The number of nitrogens with zero attached hydrogens (tertiary/aromatic N) is 19. The fourth-order valence-electron chi connectivity index (χ4n) is 19.2. The molecule has 39 heteroatoms. The molecule has 138 heavy (non-hydrogen) atoms. The van der Waals surface area contributed by atoms with E-state index in [2.05, 4.69) is 48.0 Å². The van der Waals surface area contributed by atoms with Crippen LogP contribution in [0.2, 0.25) is 30.1 Å². The Balaban J connectivity index is 0.000000144. The molecule has 19 rings (SSSR count). The summed E-state index contributed by atoms with van der Waals surface area (Å²) < 4.78 is 75.1. The van der Waals surface area contributed by atoms with Gasteiger partial charge in [0.25, 0.3) is 0 Å². The molecule has 30 nitrogen and oxygen atoms in total. The first-order valence-corrected chi connectivity index (χ1v) is 47.5. The molecule has 9 aromatic heterocycles. The minimum absolute atomic E-state index is 0.00948. The second-order valence-electron chi connectivity index (χ2n) is 35.8. The highest BCUT2D eigenvalue weighted by Crippen LogP contribution is 2.52. The van der Waals surface area contributed by atoms with Crippen LogP contribution in [0.15, 0.2) is 143 Å². The van der Waals surface area contributed by atoms with Crippen LogP contribution in [0.3, 0.4) is 0 Å². The molecule has 0 radical (unpaired) electrons. The highest BCUT2D eigenvalue weighted by Gasteiger charge is 2.46. The Morgan fingerprint density at radius 1 is 0.493 bits per heavy atom. The Hall–Kier alpha value is -12.2. The molecule has 7 aliphatic heterocycles. The summed E-state index contributed by atoms with van der Waals surface area (Å²) >= 11 is 40.6. The number of aromatic nitrogens is 12. The Morgan fingerprint density at radius 3 is 1.26 bits per heavy atom. The van der Waals surface area contributed by atoms with Gasteiger partial charge in [-0.2, -0.15) is 15.0 Å². The number of rotatable bonds is 16. The van der Waals surface area contributed by atoms with Crippen molar-refractivity contribution < 1.29 is 51.6 Å². The lowest BCUT2D eigenvalue weighted by Gasteiger charge is -2.45. The Bertz CT molecular complexity index is 7140. The smallest absolute Gasteiger partial charge is 0.355 e. The molecule has 7 aliphatic rings. The number of piperazine rings is 3. The molecule has 3 aromatic carbocycles. The molecule has 0 aliphatic carbocycles. The van der Waals surface area contributed by atoms with E-state index in [0.29, 0.717) is 132 Å². The SMILES string of the molecule is C=C(CCO)C(=O)N1CC(C)N2c3nc(=O)n(-c4c(C)ccnc4C(C)C)c4nc(-c5c(F)cccc5Cl)c(Cl)c(c34)OCC2C1.C=CC(=O)N1CC(C)N2c3nc(=O)n(-c4c(C)ccnc4C(C)C)c4nc(-c5c(F)cccc5Cl)c(Cl)c(c34)OCC2C1.Cc1ccnc(C(C)C)c1-n1c(=O)nc2c3c(c(Cl)c(-c4c(F)cccc4Cl)nc31)OCC1CN(C(=O)/C=C/CN3CCOCC3)CCN21. The number of hydrogen-bond donors (Lipinski definition) is 1. The van der Waals surface area contributed by atoms with Crippen molar-refractivity contribution >= 4 is 138 Å². The van der Waals surface area contributed by atoms with E-state index in [0.717, 1.165) is 29.8 Å². The summed E-state index contributed by atoms with van der Waals surface area (Å²) in [5, 5.41) is 10.9.